The van der Waals surface area contributed by atoms with E-state index in [2.05, 4.69) is 10.0 Å². The molecule has 1 aromatic rings. The lowest BCUT2D eigenvalue weighted by Gasteiger charge is -2.12. The number of carbonyl (C=O) groups excluding carboxylic acids is 1. The summed E-state index contributed by atoms with van der Waals surface area (Å²) in [5, 5.41) is 2.49. The first-order valence-electron chi connectivity index (χ1n) is 5.73. The number of urea groups is 1. The molecule has 0 heterocycles. The molecule has 0 aliphatic carbocycles. The van der Waals surface area contributed by atoms with Crippen molar-refractivity contribution in [1.82, 2.24) is 14.9 Å². The summed E-state index contributed by atoms with van der Waals surface area (Å²) in [4.78, 5) is 12.3. The molecule has 112 valence electrons. The van der Waals surface area contributed by atoms with Crippen LogP contribution in [0.5, 0.6) is 0 Å². The van der Waals surface area contributed by atoms with Gasteiger partial charge in [0, 0.05) is 32.9 Å². The monoisotopic (exact) mass is 304 g/mol. The van der Waals surface area contributed by atoms with Gasteiger partial charge in [-0.05, 0) is 18.2 Å². The first-order chi connectivity index (χ1) is 9.22. The van der Waals surface area contributed by atoms with E-state index < -0.39 is 15.8 Å². The van der Waals surface area contributed by atoms with Gasteiger partial charge in [0.1, 0.15) is 5.82 Å². The van der Waals surface area contributed by atoms with Crippen LogP contribution in [0.4, 0.5) is 14.9 Å². The number of rotatable bonds is 5. The molecular weight excluding hydrogens is 287 g/mol. The molecule has 0 unspecified atom stereocenters. The Balaban J connectivity index is 2.60. The zero-order valence-electron chi connectivity index (χ0n) is 11.2. The van der Waals surface area contributed by atoms with Crippen LogP contribution < -0.4 is 15.8 Å². The summed E-state index contributed by atoms with van der Waals surface area (Å²) < 4.78 is 39.1. The van der Waals surface area contributed by atoms with Crippen LogP contribution in [-0.4, -0.2) is 46.5 Å². The molecule has 0 aliphatic rings. The maximum atomic E-state index is 13.1. The Hall–Kier alpha value is -1.87. The zero-order chi connectivity index (χ0) is 15.3. The van der Waals surface area contributed by atoms with Crippen molar-refractivity contribution in [2.45, 2.75) is 4.90 Å². The highest BCUT2D eigenvalue weighted by Crippen LogP contribution is 2.15. The van der Waals surface area contributed by atoms with Crippen molar-refractivity contribution in [3.8, 4) is 0 Å². The van der Waals surface area contributed by atoms with Gasteiger partial charge in [0.05, 0.1) is 4.90 Å². The smallest absolute Gasteiger partial charge is 0.316 e. The predicted molar refractivity (Wildman–Crippen MR) is 73.1 cm³/mol. The zero-order valence-corrected chi connectivity index (χ0v) is 12.0. The van der Waals surface area contributed by atoms with Gasteiger partial charge in [-0.2, -0.15) is 0 Å². The summed E-state index contributed by atoms with van der Waals surface area (Å²) in [6.45, 7) is 0.0966. The Kier molecular flexibility index (Phi) is 5.28. The maximum Gasteiger partial charge on any atom is 0.316 e. The summed E-state index contributed by atoms with van der Waals surface area (Å²) in [6.07, 6.45) is 0. The average Bonchev–Trinajstić information content (AvgIpc) is 2.33. The Bertz CT molecular complexity index is 569. The van der Waals surface area contributed by atoms with E-state index in [1.165, 1.54) is 4.90 Å². The van der Waals surface area contributed by atoms with E-state index >= 15 is 0 Å². The number of nitrogens with one attached hydrogen (secondary N) is 2. The Labute approximate surface area is 117 Å². The summed E-state index contributed by atoms with van der Waals surface area (Å²) >= 11 is 0. The number of benzene rings is 1. The highest BCUT2D eigenvalue weighted by atomic mass is 32.2. The number of nitrogens with zero attached hydrogens (tertiary/aromatic N) is 1. The van der Waals surface area contributed by atoms with E-state index in [1.807, 2.05) is 0 Å². The second kappa shape index (κ2) is 6.53. The molecule has 20 heavy (non-hydrogen) atoms. The standard InChI is InChI=1S/C11H17FN4O3S/c1-16(2)11(17)14-3-4-15-20(18,19)10-6-8(12)5-9(13)7-10/h5-7,15H,3-4,13H2,1-2H3,(H,14,17). The van der Waals surface area contributed by atoms with Gasteiger partial charge >= 0.3 is 6.03 Å². The van der Waals surface area contributed by atoms with E-state index in [4.69, 9.17) is 5.73 Å². The summed E-state index contributed by atoms with van der Waals surface area (Å²) in [7, 11) is -0.729. The highest BCUT2D eigenvalue weighted by Gasteiger charge is 2.15. The number of amides is 2. The largest absolute Gasteiger partial charge is 0.399 e. The van der Waals surface area contributed by atoms with Gasteiger partial charge in [0.2, 0.25) is 10.0 Å². The molecule has 0 aliphatic heterocycles. The first kappa shape index (κ1) is 16.2. The number of halogens is 1. The SMILES string of the molecule is CN(C)C(=O)NCCNS(=O)(=O)c1cc(N)cc(F)c1. The first-order valence-corrected chi connectivity index (χ1v) is 7.21. The topological polar surface area (TPSA) is 105 Å². The number of sulfonamides is 1. The van der Waals surface area contributed by atoms with Gasteiger partial charge < -0.3 is 16.0 Å². The van der Waals surface area contributed by atoms with Crippen molar-refractivity contribution in [3.63, 3.8) is 0 Å². The number of nitrogen functional groups attached to an aromatic ring is 1. The summed E-state index contributed by atoms with van der Waals surface area (Å²) in [5.74, 6) is -0.730. The lowest BCUT2D eigenvalue weighted by Crippen LogP contribution is -2.39. The van der Waals surface area contributed by atoms with Crippen molar-refractivity contribution in [1.29, 1.82) is 0 Å². The van der Waals surface area contributed by atoms with E-state index in [9.17, 15) is 17.6 Å². The van der Waals surface area contributed by atoms with Crippen molar-refractivity contribution >= 4 is 21.7 Å². The summed E-state index contributed by atoms with van der Waals surface area (Å²) in [6, 6.07) is 2.72. The number of hydrogen-bond donors (Lipinski definition) is 3. The van der Waals surface area contributed by atoms with Crippen molar-refractivity contribution in [2.24, 2.45) is 0 Å². The van der Waals surface area contributed by atoms with Crippen LogP contribution in [0.15, 0.2) is 23.1 Å². The third-order valence-electron chi connectivity index (χ3n) is 2.30. The molecule has 0 radical (unpaired) electrons. The molecular formula is C11H17FN4O3S. The fourth-order valence-corrected chi connectivity index (χ4v) is 2.43. The minimum absolute atomic E-state index is 0.0155. The van der Waals surface area contributed by atoms with Crippen LogP contribution in [0, 0.1) is 5.82 Å². The molecule has 0 saturated heterocycles. The third kappa shape index (κ3) is 4.67. The van der Waals surface area contributed by atoms with E-state index in [-0.39, 0.29) is 29.7 Å². The van der Waals surface area contributed by atoms with E-state index in [1.54, 1.807) is 14.1 Å². The van der Waals surface area contributed by atoms with E-state index in [0.29, 0.717) is 0 Å². The fraction of sp³-hybridized carbons (Fsp3) is 0.364. The van der Waals surface area contributed by atoms with Gasteiger partial charge in [0.15, 0.2) is 0 Å². The van der Waals surface area contributed by atoms with Gasteiger partial charge in [-0.25, -0.2) is 22.3 Å². The highest BCUT2D eigenvalue weighted by molar-refractivity contribution is 7.89. The molecule has 9 heteroatoms. The van der Waals surface area contributed by atoms with Gasteiger partial charge in [0.25, 0.3) is 0 Å². The molecule has 0 aromatic heterocycles. The Morgan fingerprint density at radius 2 is 1.95 bits per heavy atom. The lowest BCUT2D eigenvalue weighted by molar-refractivity contribution is 0.217. The second-order valence-corrected chi connectivity index (χ2v) is 6.01. The van der Waals surface area contributed by atoms with Crippen LogP contribution >= 0.6 is 0 Å². The molecule has 2 amide bonds. The van der Waals surface area contributed by atoms with Crippen LogP contribution in [0.1, 0.15) is 0 Å². The molecule has 0 spiro atoms. The van der Waals surface area contributed by atoms with Crippen LogP contribution in [0.2, 0.25) is 0 Å². The van der Waals surface area contributed by atoms with Gasteiger partial charge in [-0.1, -0.05) is 0 Å². The third-order valence-corrected chi connectivity index (χ3v) is 3.74. The van der Waals surface area contributed by atoms with Crippen molar-refractivity contribution in [3.05, 3.63) is 24.0 Å². The number of carbonyl (C=O) groups is 1. The molecule has 4 N–H and O–H groups in total. The van der Waals surface area contributed by atoms with Crippen LogP contribution in [-0.2, 0) is 10.0 Å². The van der Waals surface area contributed by atoms with Crippen molar-refractivity contribution in [2.75, 3.05) is 32.9 Å². The molecule has 0 saturated carbocycles. The average molecular weight is 304 g/mol. The molecule has 0 atom stereocenters. The summed E-state index contributed by atoms with van der Waals surface area (Å²) in [5.41, 5.74) is 5.41. The van der Waals surface area contributed by atoms with Gasteiger partial charge in [-0.3, -0.25) is 0 Å². The van der Waals surface area contributed by atoms with Crippen LogP contribution in [0.3, 0.4) is 0 Å². The number of anilines is 1. The minimum Gasteiger partial charge on any atom is -0.399 e. The molecule has 1 aromatic carbocycles. The molecule has 1 rings (SSSR count). The molecule has 7 nitrogen and oxygen atoms in total. The quantitative estimate of drug-likeness (QED) is 0.524. The van der Waals surface area contributed by atoms with Crippen molar-refractivity contribution < 1.29 is 17.6 Å². The Morgan fingerprint density at radius 3 is 2.50 bits per heavy atom. The molecule has 0 bridgehead atoms. The molecule has 0 fully saturated rings. The maximum absolute atomic E-state index is 13.1. The number of hydrogen-bond acceptors (Lipinski definition) is 4. The second-order valence-electron chi connectivity index (χ2n) is 4.24. The fourth-order valence-electron chi connectivity index (χ4n) is 1.34. The lowest BCUT2D eigenvalue weighted by atomic mass is 10.3. The van der Waals surface area contributed by atoms with E-state index in [0.717, 1.165) is 18.2 Å². The van der Waals surface area contributed by atoms with Gasteiger partial charge in [-0.15, -0.1) is 0 Å². The predicted octanol–water partition coefficient (Wildman–Crippen LogP) is -0.0426. The van der Waals surface area contributed by atoms with Crippen LogP contribution in [0.25, 0.3) is 0 Å². The number of nitrogens with two attached hydrogens (primary N) is 1. The minimum atomic E-state index is -3.86. The Morgan fingerprint density at radius 1 is 1.30 bits per heavy atom. The normalized spacial score (nSPS) is 11.2.